The Kier molecular flexibility index (Phi) is 6.23. The molecule has 3 rings (SSSR count). The van der Waals surface area contributed by atoms with Crippen LogP contribution in [-0.4, -0.2) is 47.9 Å². The summed E-state index contributed by atoms with van der Waals surface area (Å²) in [7, 11) is 0. The molecule has 6 nitrogen and oxygen atoms in total. The first-order valence-corrected chi connectivity index (χ1v) is 10.2. The van der Waals surface area contributed by atoms with E-state index in [4.69, 9.17) is 0 Å². The van der Waals surface area contributed by atoms with Crippen molar-refractivity contribution in [2.45, 2.75) is 34.6 Å². The Morgan fingerprint density at radius 1 is 1.17 bits per heavy atom. The SMILES string of the molecule is CCN(CC)CCNC(=O)c1c(C)[nH]c(/C=C2/C(=O)Nc3ccc(C)cc32)c1C. The third-order valence-corrected chi connectivity index (χ3v) is 5.56. The van der Waals surface area contributed by atoms with Crippen LogP contribution in [0.2, 0.25) is 0 Å². The smallest absolute Gasteiger partial charge is 0.256 e. The number of amides is 2. The largest absolute Gasteiger partial charge is 0.358 e. The lowest BCUT2D eigenvalue weighted by Crippen LogP contribution is -2.35. The first-order chi connectivity index (χ1) is 13.8. The zero-order valence-electron chi connectivity index (χ0n) is 17.9. The van der Waals surface area contributed by atoms with Crippen molar-refractivity contribution in [3.05, 3.63) is 51.8 Å². The zero-order chi connectivity index (χ0) is 21.1. The molecule has 0 unspecified atom stereocenters. The van der Waals surface area contributed by atoms with Gasteiger partial charge in [0.1, 0.15) is 0 Å². The number of rotatable bonds is 7. The fourth-order valence-electron chi connectivity index (χ4n) is 3.80. The summed E-state index contributed by atoms with van der Waals surface area (Å²) in [5.41, 5.74) is 6.52. The van der Waals surface area contributed by atoms with E-state index in [0.29, 0.717) is 17.7 Å². The Balaban J connectivity index is 1.83. The van der Waals surface area contributed by atoms with Gasteiger partial charge in [-0.25, -0.2) is 0 Å². The van der Waals surface area contributed by atoms with Crippen LogP contribution in [0.3, 0.4) is 0 Å². The Labute approximate surface area is 172 Å². The predicted molar refractivity (Wildman–Crippen MR) is 118 cm³/mol. The van der Waals surface area contributed by atoms with Crippen molar-refractivity contribution in [2.24, 2.45) is 0 Å². The van der Waals surface area contributed by atoms with E-state index in [2.05, 4.69) is 34.4 Å². The molecule has 0 bridgehead atoms. The number of carbonyl (C=O) groups is 2. The normalized spacial score (nSPS) is 14.4. The van der Waals surface area contributed by atoms with Gasteiger partial charge in [0.05, 0.1) is 11.1 Å². The second-order valence-electron chi connectivity index (χ2n) is 7.51. The van der Waals surface area contributed by atoms with Crippen LogP contribution in [0.15, 0.2) is 18.2 Å². The summed E-state index contributed by atoms with van der Waals surface area (Å²) < 4.78 is 0. The fourth-order valence-corrected chi connectivity index (χ4v) is 3.80. The highest BCUT2D eigenvalue weighted by Gasteiger charge is 2.25. The van der Waals surface area contributed by atoms with Gasteiger partial charge in [0.2, 0.25) is 0 Å². The second kappa shape index (κ2) is 8.66. The number of likely N-dealkylation sites (N-methyl/N-ethyl adjacent to an activating group) is 1. The molecule has 1 aliphatic rings. The van der Waals surface area contributed by atoms with Gasteiger partial charge in [-0.3, -0.25) is 9.59 Å². The van der Waals surface area contributed by atoms with E-state index < -0.39 is 0 Å². The molecule has 0 fully saturated rings. The fraction of sp³-hybridized carbons (Fsp3) is 0.391. The van der Waals surface area contributed by atoms with Crippen LogP contribution in [0, 0.1) is 20.8 Å². The van der Waals surface area contributed by atoms with Crippen molar-refractivity contribution >= 4 is 29.2 Å². The number of nitrogens with one attached hydrogen (secondary N) is 3. The molecule has 1 aliphatic heterocycles. The van der Waals surface area contributed by atoms with E-state index in [1.807, 2.05) is 45.0 Å². The average molecular weight is 395 g/mol. The third kappa shape index (κ3) is 4.27. The lowest BCUT2D eigenvalue weighted by Gasteiger charge is -2.18. The van der Waals surface area contributed by atoms with Crippen LogP contribution in [-0.2, 0) is 4.79 Å². The molecule has 1 aromatic carbocycles. The molecule has 2 aromatic rings. The lowest BCUT2D eigenvalue weighted by molar-refractivity contribution is -0.110. The first kappa shape index (κ1) is 20.9. The molecule has 0 spiro atoms. The number of benzene rings is 1. The van der Waals surface area contributed by atoms with Crippen molar-refractivity contribution in [3.8, 4) is 0 Å². The summed E-state index contributed by atoms with van der Waals surface area (Å²) in [6.07, 6.45) is 1.84. The molecule has 29 heavy (non-hydrogen) atoms. The molecule has 0 saturated heterocycles. The summed E-state index contributed by atoms with van der Waals surface area (Å²) in [4.78, 5) is 30.8. The number of anilines is 1. The molecule has 0 aliphatic carbocycles. The van der Waals surface area contributed by atoms with E-state index in [-0.39, 0.29) is 11.8 Å². The number of fused-ring (bicyclic) bond motifs is 1. The molecule has 0 atom stereocenters. The van der Waals surface area contributed by atoms with Gasteiger partial charge in [0, 0.05) is 35.7 Å². The second-order valence-corrected chi connectivity index (χ2v) is 7.51. The number of hydrogen-bond acceptors (Lipinski definition) is 3. The number of H-pyrrole nitrogens is 1. The first-order valence-electron chi connectivity index (χ1n) is 10.2. The van der Waals surface area contributed by atoms with Gasteiger partial charge in [0.15, 0.2) is 0 Å². The minimum Gasteiger partial charge on any atom is -0.358 e. The Hall–Kier alpha value is -2.86. The molecular formula is C23H30N4O2. The van der Waals surface area contributed by atoms with E-state index in [9.17, 15) is 9.59 Å². The maximum absolute atomic E-state index is 12.8. The van der Waals surface area contributed by atoms with Crippen LogP contribution >= 0.6 is 0 Å². The van der Waals surface area contributed by atoms with Gasteiger partial charge < -0.3 is 20.5 Å². The van der Waals surface area contributed by atoms with Crippen LogP contribution in [0.25, 0.3) is 11.6 Å². The van der Waals surface area contributed by atoms with Gasteiger partial charge in [0.25, 0.3) is 11.8 Å². The minimum absolute atomic E-state index is 0.0832. The molecule has 3 N–H and O–H groups in total. The number of aryl methyl sites for hydroxylation is 2. The summed E-state index contributed by atoms with van der Waals surface area (Å²) in [5.74, 6) is -0.206. The Morgan fingerprint density at radius 2 is 1.90 bits per heavy atom. The van der Waals surface area contributed by atoms with Crippen LogP contribution in [0.1, 0.15) is 52.3 Å². The number of carbonyl (C=O) groups excluding carboxylic acids is 2. The molecule has 0 radical (unpaired) electrons. The van der Waals surface area contributed by atoms with Crippen molar-refractivity contribution in [1.82, 2.24) is 15.2 Å². The highest BCUT2D eigenvalue weighted by molar-refractivity contribution is 6.35. The number of aromatic amines is 1. The third-order valence-electron chi connectivity index (χ3n) is 5.56. The summed E-state index contributed by atoms with van der Waals surface area (Å²) in [6.45, 7) is 13.4. The monoisotopic (exact) mass is 394 g/mol. The quantitative estimate of drug-likeness (QED) is 0.629. The van der Waals surface area contributed by atoms with E-state index in [1.54, 1.807) is 0 Å². The summed E-state index contributed by atoms with van der Waals surface area (Å²) in [6, 6.07) is 5.91. The average Bonchev–Trinajstić information content (AvgIpc) is 3.14. The van der Waals surface area contributed by atoms with Crippen LogP contribution in [0.4, 0.5) is 5.69 Å². The van der Waals surface area contributed by atoms with Crippen molar-refractivity contribution in [3.63, 3.8) is 0 Å². The summed E-state index contributed by atoms with van der Waals surface area (Å²) >= 11 is 0. The molecular weight excluding hydrogens is 364 g/mol. The molecule has 2 heterocycles. The van der Waals surface area contributed by atoms with Crippen LogP contribution in [0.5, 0.6) is 0 Å². The van der Waals surface area contributed by atoms with Gasteiger partial charge in [-0.15, -0.1) is 0 Å². The van der Waals surface area contributed by atoms with Gasteiger partial charge in [-0.1, -0.05) is 25.5 Å². The molecule has 2 amide bonds. The number of nitrogens with zero attached hydrogens (tertiary/aromatic N) is 1. The maximum atomic E-state index is 12.8. The van der Waals surface area contributed by atoms with Gasteiger partial charge in [-0.05, 0) is 57.6 Å². The molecule has 0 saturated carbocycles. The van der Waals surface area contributed by atoms with Gasteiger partial charge in [-0.2, -0.15) is 0 Å². The predicted octanol–water partition coefficient (Wildman–Crippen LogP) is 3.50. The zero-order valence-corrected chi connectivity index (χ0v) is 17.9. The standard InChI is InChI=1S/C23H30N4O2/c1-6-27(7-2)11-10-24-23(29)21-15(4)20(25-16(21)5)13-18-17-12-14(3)8-9-19(17)26-22(18)28/h8-9,12-13,25H,6-7,10-11H2,1-5H3,(H,24,29)(H,26,28)/b18-13+. The molecule has 1 aromatic heterocycles. The number of hydrogen-bond donors (Lipinski definition) is 3. The molecule has 6 heteroatoms. The Bertz CT molecular complexity index is 967. The van der Waals surface area contributed by atoms with E-state index >= 15 is 0 Å². The van der Waals surface area contributed by atoms with Gasteiger partial charge >= 0.3 is 0 Å². The highest BCUT2D eigenvalue weighted by Crippen LogP contribution is 2.34. The van der Waals surface area contributed by atoms with E-state index in [1.165, 1.54) is 0 Å². The van der Waals surface area contributed by atoms with E-state index in [0.717, 1.165) is 53.4 Å². The summed E-state index contributed by atoms with van der Waals surface area (Å²) in [5, 5.41) is 5.92. The number of aromatic nitrogens is 1. The topological polar surface area (TPSA) is 77.2 Å². The molecule has 154 valence electrons. The van der Waals surface area contributed by atoms with Crippen molar-refractivity contribution in [2.75, 3.05) is 31.5 Å². The lowest BCUT2D eigenvalue weighted by atomic mass is 10.0. The van der Waals surface area contributed by atoms with Crippen molar-refractivity contribution < 1.29 is 9.59 Å². The minimum atomic E-state index is -0.123. The highest BCUT2D eigenvalue weighted by atomic mass is 16.2. The Morgan fingerprint density at radius 3 is 2.59 bits per heavy atom. The van der Waals surface area contributed by atoms with Crippen molar-refractivity contribution in [1.29, 1.82) is 0 Å². The maximum Gasteiger partial charge on any atom is 0.256 e. The van der Waals surface area contributed by atoms with Crippen LogP contribution < -0.4 is 10.6 Å².